The molecule has 1 rings (SSSR count). The summed E-state index contributed by atoms with van der Waals surface area (Å²) in [5.41, 5.74) is 0. The van der Waals surface area contributed by atoms with Crippen LogP contribution in [0.5, 0.6) is 0 Å². The van der Waals surface area contributed by atoms with Crippen molar-refractivity contribution in [2.45, 2.75) is 30.7 Å². The van der Waals surface area contributed by atoms with Crippen LogP contribution in [0.25, 0.3) is 0 Å². The van der Waals surface area contributed by atoms with Gasteiger partial charge in [-0.25, -0.2) is 13.2 Å². The fraction of sp³-hybridized carbons (Fsp3) is 0.455. The minimum atomic E-state index is -3.36. The van der Waals surface area contributed by atoms with Crippen molar-refractivity contribution in [2.24, 2.45) is 0 Å². The lowest BCUT2D eigenvalue weighted by Gasteiger charge is -2.12. The number of sulfone groups is 1. The molecule has 0 aliphatic heterocycles. The molecule has 0 aliphatic rings. The summed E-state index contributed by atoms with van der Waals surface area (Å²) in [5, 5.41) is 12.7. The highest BCUT2D eigenvalue weighted by molar-refractivity contribution is 7.90. The van der Waals surface area contributed by atoms with Gasteiger partial charge in [0, 0.05) is 11.6 Å². The predicted molar refractivity (Wildman–Crippen MR) is 71.2 cm³/mol. The van der Waals surface area contributed by atoms with E-state index in [-0.39, 0.29) is 9.77 Å². The number of carboxylic acids is 1. The van der Waals surface area contributed by atoms with Crippen LogP contribution in [0.2, 0.25) is 0 Å². The van der Waals surface area contributed by atoms with Crippen LogP contribution in [0.4, 0.5) is 0 Å². The summed E-state index contributed by atoms with van der Waals surface area (Å²) in [5.74, 6) is -1.67. The van der Waals surface area contributed by atoms with Crippen molar-refractivity contribution in [3.05, 3.63) is 16.3 Å². The Hall–Kier alpha value is -1.41. The van der Waals surface area contributed by atoms with Gasteiger partial charge in [0.2, 0.25) is 0 Å². The van der Waals surface area contributed by atoms with E-state index in [0.29, 0.717) is 12.8 Å². The third kappa shape index (κ3) is 4.32. The van der Waals surface area contributed by atoms with Crippen LogP contribution in [0.1, 0.15) is 29.4 Å². The van der Waals surface area contributed by atoms with Gasteiger partial charge >= 0.3 is 5.97 Å². The van der Waals surface area contributed by atoms with Crippen molar-refractivity contribution in [1.29, 1.82) is 0 Å². The Balaban J connectivity index is 2.83. The Kier molecular flexibility index (Phi) is 5.07. The highest BCUT2D eigenvalue weighted by Crippen LogP contribution is 2.19. The first kappa shape index (κ1) is 15.6. The Morgan fingerprint density at radius 2 is 2.11 bits per heavy atom. The van der Waals surface area contributed by atoms with Crippen LogP contribution >= 0.6 is 11.3 Å². The maximum atomic E-state index is 11.8. The molecule has 0 radical (unpaired) electrons. The lowest BCUT2D eigenvalue weighted by atomic mass is 10.1. The van der Waals surface area contributed by atoms with Gasteiger partial charge in [-0.3, -0.25) is 4.79 Å². The second-order valence-electron chi connectivity index (χ2n) is 4.07. The van der Waals surface area contributed by atoms with Crippen LogP contribution in [-0.4, -0.2) is 37.7 Å². The number of thiophene rings is 1. The number of carbonyl (C=O) groups is 2. The molecule has 0 aromatic carbocycles. The Morgan fingerprint density at radius 3 is 2.53 bits per heavy atom. The number of nitrogens with one attached hydrogen (secondary N) is 1. The van der Waals surface area contributed by atoms with Gasteiger partial charge in [0.25, 0.3) is 5.91 Å². The fourth-order valence-electron chi connectivity index (χ4n) is 1.41. The number of carboxylic acid groups (broad SMARTS) is 1. The van der Waals surface area contributed by atoms with E-state index in [1.54, 1.807) is 0 Å². The van der Waals surface area contributed by atoms with Crippen LogP contribution in [0.15, 0.2) is 16.3 Å². The molecule has 1 amide bonds. The summed E-state index contributed by atoms with van der Waals surface area (Å²) in [6.45, 7) is 1.81. The average Bonchev–Trinajstić information content (AvgIpc) is 2.76. The van der Waals surface area contributed by atoms with Crippen molar-refractivity contribution < 1.29 is 23.1 Å². The lowest BCUT2D eigenvalue weighted by molar-refractivity contribution is -0.139. The van der Waals surface area contributed by atoms with Crippen molar-refractivity contribution in [1.82, 2.24) is 5.32 Å². The van der Waals surface area contributed by atoms with E-state index in [9.17, 15) is 18.0 Å². The summed E-state index contributed by atoms with van der Waals surface area (Å²) < 4.78 is 22.6. The van der Waals surface area contributed by atoms with Crippen molar-refractivity contribution in [3.8, 4) is 0 Å². The zero-order valence-electron chi connectivity index (χ0n) is 10.5. The van der Waals surface area contributed by atoms with Gasteiger partial charge in [0.15, 0.2) is 9.84 Å². The number of carbonyl (C=O) groups excluding carboxylic acids is 1. The summed E-state index contributed by atoms with van der Waals surface area (Å²) in [6.07, 6.45) is 2.00. The molecule has 0 fully saturated rings. The van der Waals surface area contributed by atoms with Crippen LogP contribution < -0.4 is 5.32 Å². The molecule has 1 atom stereocenters. The minimum absolute atomic E-state index is 0.0602. The monoisotopic (exact) mass is 305 g/mol. The molecule has 106 valence electrons. The van der Waals surface area contributed by atoms with Gasteiger partial charge in [-0.15, -0.1) is 11.3 Å². The standard InChI is InChI=1S/C11H15NO5S2/c1-3-4-8(11(14)15)12-10(13)9-5-7(6-18-9)19(2,16)17/h5-6,8H,3-4H2,1-2H3,(H,12,13)(H,14,15). The number of hydrogen-bond acceptors (Lipinski definition) is 5. The summed E-state index contributed by atoms with van der Waals surface area (Å²) in [7, 11) is -3.36. The van der Waals surface area contributed by atoms with Gasteiger partial charge in [-0.2, -0.15) is 0 Å². The van der Waals surface area contributed by atoms with Gasteiger partial charge in [0.05, 0.1) is 9.77 Å². The van der Waals surface area contributed by atoms with E-state index in [1.807, 2.05) is 6.92 Å². The van der Waals surface area contributed by atoms with E-state index < -0.39 is 27.8 Å². The van der Waals surface area contributed by atoms with Crippen molar-refractivity contribution >= 4 is 33.1 Å². The molecule has 0 bridgehead atoms. The Labute approximate surface area is 115 Å². The van der Waals surface area contributed by atoms with Gasteiger partial charge in [0.1, 0.15) is 6.04 Å². The van der Waals surface area contributed by atoms with Crippen LogP contribution in [0.3, 0.4) is 0 Å². The van der Waals surface area contributed by atoms with E-state index >= 15 is 0 Å². The Morgan fingerprint density at radius 1 is 1.47 bits per heavy atom. The smallest absolute Gasteiger partial charge is 0.326 e. The molecule has 19 heavy (non-hydrogen) atoms. The molecule has 1 aromatic heterocycles. The molecule has 8 heteroatoms. The van der Waals surface area contributed by atoms with E-state index in [4.69, 9.17) is 5.11 Å². The molecule has 1 aromatic rings. The zero-order valence-corrected chi connectivity index (χ0v) is 12.2. The van der Waals surface area contributed by atoms with Crippen LogP contribution in [-0.2, 0) is 14.6 Å². The molecule has 1 heterocycles. The van der Waals surface area contributed by atoms with Crippen LogP contribution in [0, 0.1) is 0 Å². The normalized spacial score (nSPS) is 12.9. The van der Waals surface area contributed by atoms with Gasteiger partial charge in [-0.05, 0) is 12.5 Å². The lowest BCUT2D eigenvalue weighted by Crippen LogP contribution is -2.40. The highest BCUT2D eigenvalue weighted by atomic mass is 32.2. The molecule has 0 saturated carbocycles. The first-order valence-electron chi connectivity index (χ1n) is 5.58. The molecule has 0 aliphatic carbocycles. The number of amides is 1. The minimum Gasteiger partial charge on any atom is -0.480 e. The number of rotatable bonds is 6. The molecule has 0 spiro atoms. The third-order valence-electron chi connectivity index (χ3n) is 2.41. The topological polar surface area (TPSA) is 101 Å². The molecular formula is C11H15NO5S2. The maximum Gasteiger partial charge on any atom is 0.326 e. The SMILES string of the molecule is CCCC(NC(=O)c1cc(S(C)(=O)=O)cs1)C(=O)O. The quantitative estimate of drug-likeness (QED) is 0.820. The molecule has 0 saturated heterocycles. The van der Waals surface area contributed by atoms with E-state index in [0.717, 1.165) is 17.6 Å². The zero-order chi connectivity index (χ0) is 14.6. The highest BCUT2D eigenvalue weighted by Gasteiger charge is 2.21. The van der Waals surface area contributed by atoms with E-state index in [2.05, 4.69) is 5.32 Å². The second-order valence-corrected chi connectivity index (χ2v) is 7.00. The molecule has 2 N–H and O–H groups in total. The van der Waals surface area contributed by atoms with Gasteiger partial charge in [-0.1, -0.05) is 13.3 Å². The second kappa shape index (κ2) is 6.16. The van der Waals surface area contributed by atoms with Gasteiger partial charge < -0.3 is 10.4 Å². The van der Waals surface area contributed by atoms with Crippen molar-refractivity contribution in [3.63, 3.8) is 0 Å². The third-order valence-corrected chi connectivity index (χ3v) is 4.58. The molecule has 6 nitrogen and oxygen atoms in total. The number of hydrogen-bond donors (Lipinski definition) is 2. The fourth-order valence-corrected chi connectivity index (χ4v) is 3.33. The maximum absolute atomic E-state index is 11.8. The first-order chi connectivity index (χ1) is 8.75. The predicted octanol–water partition coefficient (Wildman–Crippen LogP) is 1.13. The van der Waals surface area contributed by atoms with E-state index in [1.165, 1.54) is 11.4 Å². The number of aliphatic carboxylic acids is 1. The largest absolute Gasteiger partial charge is 0.480 e. The summed E-state index contributed by atoms with van der Waals surface area (Å²) >= 11 is 0.972. The molecular weight excluding hydrogens is 290 g/mol. The summed E-state index contributed by atoms with van der Waals surface area (Å²) in [4.78, 5) is 23.0. The average molecular weight is 305 g/mol. The summed E-state index contributed by atoms with van der Waals surface area (Å²) in [6, 6.07) is 0.293. The van der Waals surface area contributed by atoms with Crippen molar-refractivity contribution in [2.75, 3.05) is 6.26 Å². The Bertz CT molecular complexity index is 576. The first-order valence-corrected chi connectivity index (χ1v) is 8.35. The molecule has 1 unspecified atom stereocenters.